The van der Waals surface area contributed by atoms with Crippen molar-refractivity contribution in [3.8, 4) is 0 Å². The number of guanidine groups is 1. The Kier molecular flexibility index (Phi) is 9.15. The molecule has 0 unspecified atom stereocenters. The number of nitrogens with one attached hydrogen (secondary N) is 3. The summed E-state index contributed by atoms with van der Waals surface area (Å²) in [7, 11) is -1.36. The second-order valence-electron chi connectivity index (χ2n) is 6.37. The van der Waals surface area contributed by atoms with Gasteiger partial charge in [0.2, 0.25) is 10.0 Å². The normalized spacial score (nSPS) is 16.5. The molecule has 1 aliphatic rings. The molecule has 0 spiro atoms. The summed E-state index contributed by atoms with van der Waals surface area (Å²) in [5.74, 6) is 0.761. The summed E-state index contributed by atoms with van der Waals surface area (Å²) in [5, 5.41) is 6.65. The Bertz CT molecular complexity index is 646. The minimum Gasteiger partial charge on any atom is -0.356 e. The highest BCUT2D eigenvalue weighted by molar-refractivity contribution is 14.0. The van der Waals surface area contributed by atoms with Gasteiger partial charge in [0.05, 0.1) is 6.26 Å². The van der Waals surface area contributed by atoms with Gasteiger partial charge in [-0.3, -0.25) is 4.99 Å². The van der Waals surface area contributed by atoms with Gasteiger partial charge in [-0.1, -0.05) is 36.8 Å². The van der Waals surface area contributed by atoms with E-state index >= 15 is 0 Å². The monoisotopic (exact) mass is 480 g/mol. The Hall–Kier alpha value is -0.870. The van der Waals surface area contributed by atoms with Crippen LogP contribution in [0.4, 0.5) is 0 Å². The number of aliphatic imine (C=N–C) groups is 1. The van der Waals surface area contributed by atoms with E-state index in [0.717, 1.165) is 12.5 Å². The third kappa shape index (κ3) is 7.10. The number of rotatable bonds is 8. The van der Waals surface area contributed by atoms with Gasteiger partial charge in [0, 0.05) is 32.1 Å². The van der Waals surface area contributed by atoms with Crippen LogP contribution in [0, 0.1) is 0 Å². The molecule has 1 aromatic rings. The van der Waals surface area contributed by atoms with E-state index in [1.54, 1.807) is 7.05 Å². The first-order valence-corrected chi connectivity index (χ1v) is 10.3. The molecule has 0 aliphatic heterocycles. The molecule has 2 rings (SSSR count). The van der Waals surface area contributed by atoms with Crippen LogP contribution in [0.3, 0.4) is 0 Å². The zero-order valence-electron chi connectivity index (χ0n) is 14.9. The highest BCUT2D eigenvalue weighted by Gasteiger charge is 2.38. The third-order valence-electron chi connectivity index (χ3n) is 4.52. The van der Waals surface area contributed by atoms with Crippen LogP contribution >= 0.6 is 24.0 Å². The quantitative estimate of drug-likeness (QED) is 0.230. The van der Waals surface area contributed by atoms with E-state index in [1.807, 2.05) is 6.07 Å². The molecule has 0 atom stereocenters. The SMILES string of the molecule is CN=C(NCCCNS(C)(=O)=O)NCC1(c2ccccc2)CCC1.I. The van der Waals surface area contributed by atoms with E-state index in [-0.39, 0.29) is 29.4 Å². The van der Waals surface area contributed by atoms with Crippen LogP contribution in [0.15, 0.2) is 35.3 Å². The lowest BCUT2D eigenvalue weighted by Gasteiger charge is -2.43. The lowest BCUT2D eigenvalue weighted by molar-refractivity contribution is 0.244. The lowest BCUT2D eigenvalue weighted by atomic mass is 9.64. The average molecular weight is 480 g/mol. The molecule has 0 aromatic heterocycles. The van der Waals surface area contributed by atoms with Gasteiger partial charge in [-0.2, -0.15) is 0 Å². The van der Waals surface area contributed by atoms with Gasteiger partial charge in [-0.15, -0.1) is 24.0 Å². The highest BCUT2D eigenvalue weighted by Crippen LogP contribution is 2.43. The number of nitrogens with zero attached hydrogens (tertiary/aromatic N) is 1. The highest BCUT2D eigenvalue weighted by atomic mass is 127. The smallest absolute Gasteiger partial charge is 0.208 e. The molecule has 8 heteroatoms. The molecule has 0 saturated heterocycles. The van der Waals surface area contributed by atoms with Gasteiger partial charge in [-0.25, -0.2) is 13.1 Å². The Morgan fingerprint density at radius 2 is 1.84 bits per heavy atom. The molecule has 25 heavy (non-hydrogen) atoms. The van der Waals surface area contributed by atoms with Crippen molar-refractivity contribution < 1.29 is 8.42 Å². The van der Waals surface area contributed by atoms with Crippen LogP contribution in [-0.2, 0) is 15.4 Å². The molecular formula is C17H29IN4O2S. The Balaban J connectivity index is 0.00000312. The van der Waals surface area contributed by atoms with Gasteiger partial charge in [-0.05, 0) is 24.8 Å². The van der Waals surface area contributed by atoms with Crippen molar-refractivity contribution in [1.29, 1.82) is 0 Å². The van der Waals surface area contributed by atoms with Crippen molar-refractivity contribution in [3.05, 3.63) is 35.9 Å². The summed E-state index contributed by atoms with van der Waals surface area (Å²) in [6.07, 6.45) is 5.53. The summed E-state index contributed by atoms with van der Waals surface area (Å²) in [5.41, 5.74) is 1.59. The Labute approximate surface area is 168 Å². The van der Waals surface area contributed by atoms with Crippen molar-refractivity contribution in [2.24, 2.45) is 4.99 Å². The first-order valence-electron chi connectivity index (χ1n) is 8.40. The first-order chi connectivity index (χ1) is 11.5. The zero-order chi connectivity index (χ0) is 17.5. The summed E-state index contributed by atoms with van der Waals surface area (Å²) in [6, 6.07) is 10.6. The fraction of sp³-hybridized carbons (Fsp3) is 0.588. The van der Waals surface area contributed by atoms with Gasteiger partial charge in [0.1, 0.15) is 0 Å². The molecule has 1 saturated carbocycles. The van der Waals surface area contributed by atoms with Crippen LogP contribution in [0.25, 0.3) is 0 Å². The maximum Gasteiger partial charge on any atom is 0.208 e. The molecule has 3 N–H and O–H groups in total. The van der Waals surface area contributed by atoms with Crippen LogP contribution < -0.4 is 15.4 Å². The van der Waals surface area contributed by atoms with Crippen molar-refractivity contribution in [2.45, 2.75) is 31.1 Å². The number of halogens is 1. The van der Waals surface area contributed by atoms with Gasteiger partial charge in [0.25, 0.3) is 0 Å². The molecule has 1 aromatic carbocycles. The molecule has 0 radical (unpaired) electrons. The van der Waals surface area contributed by atoms with Crippen molar-refractivity contribution in [1.82, 2.24) is 15.4 Å². The largest absolute Gasteiger partial charge is 0.356 e. The van der Waals surface area contributed by atoms with Gasteiger partial charge >= 0.3 is 0 Å². The average Bonchev–Trinajstić information content (AvgIpc) is 2.51. The Morgan fingerprint density at radius 1 is 1.16 bits per heavy atom. The summed E-state index contributed by atoms with van der Waals surface area (Å²) in [6.45, 7) is 1.95. The number of sulfonamides is 1. The van der Waals surface area contributed by atoms with Crippen molar-refractivity contribution in [3.63, 3.8) is 0 Å². The summed E-state index contributed by atoms with van der Waals surface area (Å²) >= 11 is 0. The van der Waals surface area contributed by atoms with Crippen molar-refractivity contribution in [2.75, 3.05) is 32.9 Å². The second kappa shape index (κ2) is 10.3. The topological polar surface area (TPSA) is 82.6 Å². The molecule has 142 valence electrons. The second-order valence-corrected chi connectivity index (χ2v) is 8.21. The number of hydrogen-bond acceptors (Lipinski definition) is 3. The molecule has 1 aliphatic carbocycles. The van der Waals surface area contributed by atoms with Crippen LogP contribution in [0.5, 0.6) is 0 Å². The Morgan fingerprint density at radius 3 is 2.36 bits per heavy atom. The maximum atomic E-state index is 11.0. The molecule has 0 amide bonds. The molecular weight excluding hydrogens is 451 g/mol. The predicted octanol–water partition coefficient (Wildman–Crippen LogP) is 1.83. The van der Waals surface area contributed by atoms with E-state index in [0.29, 0.717) is 19.5 Å². The first kappa shape index (κ1) is 22.2. The molecule has 0 bridgehead atoms. The fourth-order valence-corrected chi connectivity index (χ4v) is 3.50. The van der Waals surface area contributed by atoms with E-state index in [2.05, 4.69) is 44.6 Å². The zero-order valence-corrected chi connectivity index (χ0v) is 18.1. The molecule has 1 fully saturated rings. The van der Waals surface area contributed by atoms with Crippen LogP contribution in [0.1, 0.15) is 31.2 Å². The standard InChI is InChI=1S/C17H28N4O2S.HI/c1-18-16(19-12-7-13-21-24(2,22)23)20-14-17(10-6-11-17)15-8-4-3-5-9-15;/h3-5,8-9,21H,6-7,10-14H2,1-2H3,(H2,18,19,20);1H. The molecule has 0 heterocycles. The van der Waals surface area contributed by atoms with Crippen LogP contribution in [-0.4, -0.2) is 47.3 Å². The van der Waals surface area contributed by atoms with Crippen LogP contribution in [0.2, 0.25) is 0 Å². The lowest BCUT2D eigenvalue weighted by Crippen LogP contribution is -2.49. The predicted molar refractivity (Wildman–Crippen MR) is 114 cm³/mol. The fourth-order valence-electron chi connectivity index (χ4n) is 2.99. The van der Waals surface area contributed by atoms with Gasteiger partial charge < -0.3 is 10.6 Å². The van der Waals surface area contributed by atoms with E-state index in [1.165, 1.54) is 31.1 Å². The summed E-state index contributed by atoms with van der Waals surface area (Å²) < 4.78 is 24.5. The summed E-state index contributed by atoms with van der Waals surface area (Å²) in [4.78, 5) is 4.25. The molecule has 6 nitrogen and oxygen atoms in total. The minimum atomic E-state index is -3.11. The number of benzene rings is 1. The minimum absolute atomic E-state index is 0. The van der Waals surface area contributed by atoms with Crippen molar-refractivity contribution >= 4 is 40.0 Å². The van der Waals surface area contributed by atoms with E-state index in [9.17, 15) is 8.42 Å². The maximum absolute atomic E-state index is 11.0. The van der Waals surface area contributed by atoms with Gasteiger partial charge in [0.15, 0.2) is 5.96 Å². The van der Waals surface area contributed by atoms with E-state index in [4.69, 9.17) is 0 Å². The third-order valence-corrected chi connectivity index (χ3v) is 5.25. The van der Waals surface area contributed by atoms with E-state index < -0.39 is 10.0 Å². The number of hydrogen-bond donors (Lipinski definition) is 3.